The van der Waals surface area contributed by atoms with E-state index in [4.69, 9.17) is 14.0 Å². The Morgan fingerprint density at radius 2 is 2.05 bits per heavy atom. The van der Waals surface area contributed by atoms with Crippen molar-refractivity contribution in [3.63, 3.8) is 0 Å². The van der Waals surface area contributed by atoms with Gasteiger partial charge in [-0.1, -0.05) is 32.3 Å². The fraction of sp³-hybridized carbons (Fsp3) is 0.786. The van der Waals surface area contributed by atoms with Crippen LogP contribution in [-0.2, 0) is 14.3 Å². The van der Waals surface area contributed by atoms with Gasteiger partial charge in [0.1, 0.15) is 12.0 Å². The van der Waals surface area contributed by atoms with E-state index in [0.717, 1.165) is 12.8 Å². The quantitative estimate of drug-likeness (QED) is 0.683. The molecule has 6 heteroatoms. The van der Waals surface area contributed by atoms with Crippen molar-refractivity contribution < 1.29 is 18.8 Å². The number of rotatable bonds is 8. The highest BCUT2D eigenvalue weighted by Crippen LogP contribution is 2.27. The van der Waals surface area contributed by atoms with Gasteiger partial charge in [-0.05, 0) is 19.3 Å². The van der Waals surface area contributed by atoms with Crippen LogP contribution in [0.25, 0.3) is 0 Å². The molecule has 0 spiro atoms. The van der Waals surface area contributed by atoms with E-state index < -0.39 is 5.92 Å². The highest BCUT2D eigenvalue weighted by molar-refractivity contribution is 5.77. The van der Waals surface area contributed by atoms with Crippen LogP contribution in [0.1, 0.15) is 64.3 Å². The number of carbonyl (C=O) groups is 1. The molecule has 0 amide bonds. The lowest BCUT2D eigenvalue weighted by Gasteiger charge is -2.14. The maximum atomic E-state index is 12.0. The average Bonchev–Trinajstić information content (AvgIpc) is 2.85. The number of hydrogen-bond donors (Lipinski definition) is 0. The van der Waals surface area contributed by atoms with Crippen LogP contribution in [0, 0.1) is 5.92 Å². The van der Waals surface area contributed by atoms with E-state index in [0.29, 0.717) is 18.3 Å². The third-order valence-corrected chi connectivity index (χ3v) is 3.05. The van der Waals surface area contributed by atoms with Crippen molar-refractivity contribution in [2.24, 2.45) is 5.92 Å². The van der Waals surface area contributed by atoms with Crippen molar-refractivity contribution in [3.05, 3.63) is 11.7 Å². The van der Waals surface area contributed by atoms with Crippen LogP contribution in [0.5, 0.6) is 0 Å². The molecule has 2 atom stereocenters. The summed E-state index contributed by atoms with van der Waals surface area (Å²) >= 11 is 0. The molecule has 0 aliphatic rings. The lowest BCUT2D eigenvalue weighted by Crippen LogP contribution is -2.21. The predicted octanol–water partition coefficient (Wildman–Crippen LogP) is 2.86. The summed E-state index contributed by atoms with van der Waals surface area (Å²) in [5.41, 5.74) is 0. The first-order chi connectivity index (χ1) is 9.54. The van der Waals surface area contributed by atoms with Crippen LogP contribution in [0.2, 0.25) is 0 Å². The number of nitrogens with zero attached hydrogens (tertiary/aromatic N) is 2. The molecule has 0 bridgehead atoms. The standard InChI is InChI=1S/C14H24N2O4/c1-6-8-10(18-5)12-15-13(20-16-12)11(9(3)4)14(17)19-7-2/h9-11H,6-8H2,1-5H3. The van der Waals surface area contributed by atoms with Gasteiger partial charge in [0.15, 0.2) is 0 Å². The molecule has 1 rings (SSSR count). The fourth-order valence-electron chi connectivity index (χ4n) is 2.01. The Hall–Kier alpha value is -1.43. The van der Waals surface area contributed by atoms with E-state index in [2.05, 4.69) is 17.1 Å². The zero-order chi connectivity index (χ0) is 15.1. The van der Waals surface area contributed by atoms with E-state index >= 15 is 0 Å². The number of esters is 1. The van der Waals surface area contributed by atoms with E-state index in [-0.39, 0.29) is 18.0 Å². The van der Waals surface area contributed by atoms with Gasteiger partial charge in [-0.2, -0.15) is 4.98 Å². The van der Waals surface area contributed by atoms with Crippen molar-refractivity contribution in [2.75, 3.05) is 13.7 Å². The SMILES string of the molecule is CCCC(OC)c1noc(C(C(=O)OCC)C(C)C)n1. The van der Waals surface area contributed by atoms with Crippen molar-refractivity contribution in [3.8, 4) is 0 Å². The van der Waals surface area contributed by atoms with Gasteiger partial charge in [-0.15, -0.1) is 0 Å². The summed E-state index contributed by atoms with van der Waals surface area (Å²) in [5, 5.41) is 3.93. The number of aromatic nitrogens is 2. The van der Waals surface area contributed by atoms with Gasteiger partial charge in [-0.3, -0.25) is 4.79 Å². The van der Waals surface area contributed by atoms with Gasteiger partial charge in [0, 0.05) is 7.11 Å². The summed E-state index contributed by atoms with van der Waals surface area (Å²) in [4.78, 5) is 16.3. The first-order valence-corrected chi connectivity index (χ1v) is 7.07. The highest BCUT2D eigenvalue weighted by atomic mass is 16.5. The third kappa shape index (κ3) is 4.03. The van der Waals surface area contributed by atoms with Crippen LogP contribution in [0.4, 0.5) is 0 Å². The molecule has 20 heavy (non-hydrogen) atoms. The summed E-state index contributed by atoms with van der Waals surface area (Å²) < 4.78 is 15.6. The minimum absolute atomic E-state index is 0.0227. The average molecular weight is 284 g/mol. The molecular weight excluding hydrogens is 260 g/mol. The van der Waals surface area contributed by atoms with Crippen molar-refractivity contribution >= 4 is 5.97 Å². The molecule has 0 N–H and O–H groups in total. The van der Waals surface area contributed by atoms with Gasteiger partial charge in [0.2, 0.25) is 11.7 Å². The molecule has 0 aliphatic heterocycles. The molecule has 0 aromatic carbocycles. The Labute approximate surface area is 119 Å². The Balaban J connectivity index is 2.94. The molecule has 114 valence electrons. The van der Waals surface area contributed by atoms with Gasteiger partial charge < -0.3 is 14.0 Å². The number of carbonyl (C=O) groups excluding carboxylic acids is 1. The van der Waals surface area contributed by atoms with Crippen molar-refractivity contribution in [1.29, 1.82) is 0 Å². The molecule has 1 aromatic rings. The van der Waals surface area contributed by atoms with Gasteiger partial charge in [-0.25, -0.2) is 0 Å². The van der Waals surface area contributed by atoms with Crippen LogP contribution < -0.4 is 0 Å². The van der Waals surface area contributed by atoms with E-state index in [1.54, 1.807) is 14.0 Å². The molecule has 1 heterocycles. The number of methoxy groups -OCH3 is 1. The molecule has 0 saturated heterocycles. The third-order valence-electron chi connectivity index (χ3n) is 3.05. The maximum absolute atomic E-state index is 12.0. The zero-order valence-corrected chi connectivity index (χ0v) is 12.9. The van der Waals surface area contributed by atoms with Gasteiger partial charge >= 0.3 is 5.97 Å². The second-order valence-corrected chi connectivity index (χ2v) is 4.98. The summed E-state index contributed by atoms with van der Waals surface area (Å²) in [6, 6.07) is 0. The second kappa shape index (κ2) is 7.99. The topological polar surface area (TPSA) is 74.5 Å². The molecular formula is C14H24N2O4. The smallest absolute Gasteiger partial charge is 0.318 e. The lowest BCUT2D eigenvalue weighted by atomic mass is 9.96. The monoisotopic (exact) mass is 284 g/mol. The summed E-state index contributed by atoms with van der Waals surface area (Å²) in [6.45, 7) is 8.01. The number of ether oxygens (including phenoxy) is 2. The largest absolute Gasteiger partial charge is 0.465 e. The van der Waals surface area contributed by atoms with Crippen molar-refractivity contribution in [2.45, 2.75) is 52.6 Å². The van der Waals surface area contributed by atoms with E-state index in [1.807, 2.05) is 13.8 Å². The minimum Gasteiger partial charge on any atom is -0.465 e. The first kappa shape index (κ1) is 16.6. The Morgan fingerprint density at radius 1 is 1.35 bits per heavy atom. The van der Waals surface area contributed by atoms with Gasteiger partial charge in [0.25, 0.3) is 0 Å². The summed E-state index contributed by atoms with van der Waals surface area (Å²) in [5.74, 6) is -0.0575. The molecule has 6 nitrogen and oxygen atoms in total. The minimum atomic E-state index is -0.532. The summed E-state index contributed by atoms with van der Waals surface area (Å²) in [6.07, 6.45) is 1.56. The Kier molecular flexibility index (Phi) is 6.64. The van der Waals surface area contributed by atoms with Crippen LogP contribution in [-0.4, -0.2) is 29.8 Å². The predicted molar refractivity (Wildman–Crippen MR) is 73.2 cm³/mol. The Morgan fingerprint density at radius 3 is 2.55 bits per heavy atom. The normalized spacial score (nSPS) is 14.3. The highest BCUT2D eigenvalue weighted by Gasteiger charge is 2.32. The molecule has 0 aliphatic carbocycles. The van der Waals surface area contributed by atoms with Crippen LogP contribution >= 0.6 is 0 Å². The second-order valence-electron chi connectivity index (χ2n) is 4.98. The molecule has 0 radical (unpaired) electrons. The molecule has 0 saturated carbocycles. The van der Waals surface area contributed by atoms with E-state index in [1.165, 1.54) is 0 Å². The van der Waals surface area contributed by atoms with Crippen LogP contribution in [0.15, 0.2) is 4.52 Å². The zero-order valence-electron chi connectivity index (χ0n) is 12.9. The molecule has 0 fully saturated rings. The number of hydrogen-bond acceptors (Lipinski definition) is 6. The van der Waals surface area contributed by atoms with Crippen LogP contribution in [0.3, 0.4) is 0 Å². The van der Waals surface area contributed by atoms with Crippen molar-refractivity contribution in [1.82, 2.24) is 10.1 Å². The summed E-state index contributed by atoms with van der Waals surface area (Å²) in [7, 11) is 1.61. The Bertz CT molecular complexity index is 417. The molecule has 1 aromatic heterocycles. The van der Waals surface area contributed by atoms with Gasteiger partial charge in [0.05, 0.1) is 6.61 Å². The first-order valence-electron chi connectivity index (χ1n) is 7.07. The van der Waals surface area contributed by atoms with E-state index in [9.17, 15) is 4.79 Å². The maximum Gasteiger partial charge on any atom is 0.318 e. The fourth-order valence-corrected chi connectivity index (χ4v) is 2.01. The lowest BCUT2D eigenvalue weighted by molar-refractivity contribution is -0.146. The molecule has 2 unspecified atom stereocenters.